The van der Waals surface area contributed by atoms with Crippen molar-refractivity contribution in [3.63, 3.8) is 0 Å². The van der Waals surface area contributed by atoms with Crippen LogP contribution in [0.2, 0.25) is 0 Å². The summed E-state index contributed by atoms with van der Waals surface area (Å²) >= 11 is 0. The number of carbonyl (C=O) groups excluding carboxylic acids is 3. The van der Waals surface area contributed by atoms with Gasteiger partial charge in [0.15, 0.2) is 0 Å². The number of amides is 3. The second kappa shape index (κ2) is 16.7. The van der Waals surface area contributed by atoms with E-state index in [0.29, 0.717) is 53.4 Å². The highest BCUT2D eigenvalue weighted by molar-refractivity contribution is 6.07. The van der Waals surface area contributed by atoms with Crippen LogP contribution in [-0.2, 0) is 16.1 Å². The van der Waals surface area contributed by atoms with Crippen molar-refractivity contribution >= 4 is 41.0 Å². The molecule has 1 atom stereocenters. The summed E-state index contributed by atoms with van der Waals surface area (Å²) in [7, 11) is 0. The molecule has 0 aliphatic carbocycles. The number of amidine groups is 1. The first-order valence-corrected chi connectivity index (χ1v) is 14.8. The van der Waals surface area contributed by atoms with Crippen molar-refractivity contribution in [1.82, 2.24) is 15.2 Å². The van der Waals surface area contributed by atoms with Crippen LogP contribution < -0.4 is 22.1 Å². The summed E-state index contributed by atoms with van der Waals surface area (Å²) in [4.78, 5) is 49.4. The number of benzene rings is 1. The minimum atomic E-state index is -0.695. The number of nitrogens with one attached hydrogen (secondary N) is 2. The topological polar surface area (TPSA) is 156 Å². The van der Waals surface area contributed by atoms with E-state index in [2.05, 4.69) is 27.2 Å². The highest BCUT2D eigenvalue weighted by Crippen LogP contribution is 2.29. The molecular weight excluding hydrogens is 554 g/mol. The Kier molecular flexibility index (Phi) is 12.8. The fourth-order valence-electron chi connectivity index (χ4n) is 4.71. The summed E-state index contributed by atoms with van der Waals surface area (Å²) in [5.74, 6) is -0.382. The SMILES string of the molecule is C=C/C=C\C=C(/C)C[C@@H](N)C(=O)NCc1cncc(NC(=O)c2ccc3c(c2)N=C(N)CC(C(=O)N(CCC)CCC)=C3)c1. The smallest absolute Gasteiger partial charge is 0.255 e. The average Bonchev–Trinajstić information content (AvgIpc) is 3.17. The first kappa shape index (κ1) is 33.7. The van der Waals surface area contributed by atoms with E-state index in [1.807, 2.05) is 43.9 Å². The monoisotopic (exact) mass is 597 g/mol. The van der Waals surface area contributed by atoms with E-state index < -0.39 is 6.04 Å². The van der Waals surface area contributed by atoms with Crippen molar-refractivity contribution in [3.05, 3.63) is 95.4 Å². The zero-order valence-electron chi connectivity index (χ0n) is 25.8. The number of hydrogen-bond donors (Lipinski definition) is 4. The molecule has 3 amide bonds. The van der Waals surface area contributed by atoms with Crippen LogP contribution >= 0.6 is 0 Å². The van der Waals surface area contributed by atoms with E-state index in [1.165, 1.54) is 6.20 Å². The van der Waals surface area contributed by atoms with Gasteiger partial charge in [-0.05, 0) is 56.0 Å². The van der Waals surface area contributed by atoms with Crippen LogP contribution in [0.1, 0.15) is 67.9 Å². The van der Waals surface area contributed by atoms with Gasteiger partial charge in [0.2, 0.25) is 11.8 Å². The van der Waals surface area contributed by atoms with Crippen LogP contribution in [0.5, 0.6) is 0 Å². The zero-order chi connectivity index (χ0) is 32.1. The number of fused-ring (bicyclic) bond motifs is 1. The first-order valence-electron chi connectivity index (χ1n) is 14.8. The molecule has 6 N–H and O–H groups in total. The van der Waals surface area contributed by atoms with Crippen LogP contribution in [0, 0.1) is 0 Å². The van der Waals surface area contributed by atoms with Crippen molar-refractivity contribution in [2.45, 2.75) is 59.0 Å². The molecule has 1 aliphatic rings. The van der Waals surface area contributed by atoms with Crippen molar-refractivity contribution in [3.8, 4) is 0 Å². The summed E-state index contributed by atoms with van der Waals surface area (Å²) in [5, 5.41) is 5.67. The van der Waals surface area contributed by atoms with Gasteiger partial charge in [-0.2, -0.15) is 0 Å². The molecule has 3 rings (SSSR count). The van der Waals surface area contributed by atoms with E-state index in [4.69, 9.17) is 11.5 Å². The molecule has 0 spiro atoms. The number of rotatable bonds is 14. The van der Waals surface area contributed by atoms with Gasteiger partial charge in [0.1, 0.15) is 5.84 Å². The van der Waals surface area contributed by atoms with Crippen LogP contribution in [-0.4, -0.2) is 52.6 Å². The number of nitrogens with two attached hydrogens (primary N) is 2. The van der Waals surface area contributed by atoms with Gasteiger partial charge in [0, 0.05) is 49.0 Å². The maximum Gasteiger partial charge on any atom is 0.255 e. The van der Waals surface area contributed by atoms with Crippen molar-refractivity contribution < 1.29 is 14.4 Å². The number of aliphatic imine (C=N–C) groups is 1. The average molecular weight is 598 g/mol. The largest absolute Gasteiger partial charge is 0.387 e. The molecule has 1 aliphatic heterocycles. The highest BCUT2D eigenvalue weighted by Gasteiger charge is 2.21. The van der Waals surface area contributed by atoms with Crippen LogP contribution in [0.25, 0.3) is 6.08 Å². The van der Waals surface area contributed by atoms with Crippen LogP contribution in [0.3, 0.4) is 0 Å². The predicted molar refractivity (Wildman–Crippen MR) is 177 cm³/mol. The fraction of sp³-hybridized carbons (Fsp3) is 0.324. The maximum absolute atomic E-state index is 13.2. The Morgan fingerprint density at radius 1 is 1.11 bits per heavy atom. The van der Waals surface area contributed by atoms with Gasteiger partial charge in [-0.3, -0.25) is 19.4 Å². The second-order valence-corrected chi connectivity index (χ2v) is 10.7. The number of allylic oxidation sites excluding steroid dienone is 4. The Bertz CT molecular complexity index is 1480. The molecule has 0 unspecified atom stereocenters. The van der Waals surface area contributed by atoms with Crippen LogP contribution in [0.4, 0.5) is 11.4 Å². The summed E-state index contributed by atoms with van der Waals surface area (Å²) in [5.41, 5.74) is 16.6. The minimum Gasteiger partial charge on any atom is -0.387 e. The normalized spacial score (nSPS) is 13.7. The van der Waals surface area contributed by atoms with E-state index in [0.717, 1.165) is 24.0 Å². The molecule has 0 saturated carbocycles. The van der Waals surface area contributed by atoms with E-state index in [-0.39, 0.29) is 30.7 Å². The molecule has 10 nitrogen and oxygen atoms in total. The van der Waals surface area contributed by atoms with E-state index >= 15 is 0 Å². The standard InChI is InChI=1S/C34H43N7O3/c1-5-8-9-10-23(4)15-29(35)33(43)38-21-24-16-28(22-37-20-24)39-32(42)26-12-11-25-17-27(19-31(36)40-30(25)18-26)34(44)41(13-6-2)14-7-3/h5,8-12,16-18,20,22,29H,1,6-7,13-15,19,21,35H2,2-4H3,(H2,36,40)(H,38,43)(H,39,42)/b9-8-,23-10+/t29-/m1/s1. The first-order chi connectivity index (χ1) is 21.1. The third-order valence-corrected chi connectivity index (χ3v) is 6.83. The molecule has 1 aromatic carbocycles. The zero-order valence-corrected chi connectivity index (χ0v) is 25.8. The number of pyridine rings is 1. The van der Waals surface area contributed by atoms with Crippen molar-refractivity contribution in [2.75, 3.05) is 18.4 Å². The van der Waals surface area contributed by atoms with E-state index in [1.54, 1.807) is 42.6 Å². The molecular formula is C34H43N7O3. The molecule has 0 saturated heterocycles. The quantitative estimate of drug-likeness (QED) is 0.230. The fourth-order valence-corrected chi connectivity index (χ4v) is 4.71. The molecule has 1 aromatic heterocycles. The Morgan fingerprint density at radius 3 is 2.57 bits per heavy atom. The minimum absolute atomic E-state index is 0.0456. The number of carbonyl (C=O) groups is 3. The van der Waals surface area contributed by atoms with Gasteiger partial charge in [0.05, 0.1) is 23.6 Å². The Hall–Kier alpha value is -4.83. The Labute approximate surface area is 259 Å². The molecule has 0 fully saturated rings. The maximum atomic E-state index is 13.2. The van der Waals surface area contributed by atoms with Crippen LogP contribution in [0.15, 0.2) is 83.7 Å². The van der Waals surface area contributed by atoms with E-state index in [9.17, 15) is 14.4 Å². The summed E-state index contributed by atoms with van der Waals surface area (Å²) < 4.78 is 0. The third-order valence-electron chi connectivity index (χ3n) is 6.83. The predicted octanol–water partition coefficient (Wildman–Crippen LogP) is 4.78. The van der Waals surface area contributed by atoms with Gasteiger partial charge in [0.25, 0.3) is 5.91 Å². The third kappa shape index (κ3) is 9.88. The number of anilines is 1. The molecule has 44 heavy (non-hydrogen) atoms. The lowest BCUT2D eigenvalue weighted by Crippen LogP contribution is -2.40. The molecule has 0 radical (unpaired) electrons. The number of nitrogens with zero attached hydrogens (tertiary/aromatic N) is 3. The molecule has 0 bridgehead atoms. The lowest BCUT2D eigenvalue weighted by molar-refractivity contribution is -0.127. The Morgan fingerprint density at radius 2 is 1.86 bits per heavy atom. The summed E-state index contributed by atoms with van der Waals surface area (Å²) in [6.07, 6.45) is 14.5. The van der Waals surface area contributed by atoms with Gasteiger partial charge >= 0.3 is 0 Å². The van der Waals surface area contributed by atoms with Gasteiger partial charge in [-0.1, -0.05) is 56.4 Å². The van der Waals surface area contributed by atoms with Gasteiger partial charge < -0.3 is 27.0 Å². The van der Waals surface area contributed by atoms with Crippen molar-refractivity contribution in [1.29, 1.82) is 0 Å². The highest BCUT2D eigenvalue weighted by atomic mass is 16.2. The molecule has 10 heteroatoms. The van der Waals surface area contributed by atoms with Gasteiger partial charge in [-0.25, -0.2) is 4.99 Å². The molecule has 2 aromatic rings. The summed E-state index contributed by atoms with van der Waals surface area (Å²) in [6, 6.07) is 6.14. The lowest BCUT2D eigenvalue weighted by atomic mass is 10.0. The Balaban J connectivity index is 1.67. The molecule has 232 valence electrons. The molecule has 2 heterocycles. The second-order valence-electron chi connectivity index (χ2n) is 10.7. The summed E-state index contributed by atoms with van der Waals surface area (Å²) in [6.45, 7) is 11.2. The number of hydrogen-bond acceptors (Lipinski definition) is 7. The lowest BCUT2D eigenvalue weighted by Gasteiger charge is -2.22. The number of aromatic nitrogens is 1. The van der Waals surface area contributed by atoms with Gasteiger partial charge in [-0.15, -0.1) is 0 Å². The van der Waals surface area contributed by atoms with Crippen molar-refractivity contribution in [2.24, 2.45) is 16.5 Å².